The number of carboxylic acids is 1. The minimum Gasteiger partial charge on any atom is -0.545 e. The Morgan fingerprint density at radius 3 is 0.933 bits per heavy atom. The smallest absolute Gasteiger partial charge is 0.306 e. The van der Waals surface area contributed by atoms with Crippen molar-refractivity contribution in [3.63, 3.8) is 0 Å². The zero-order valence-electron chi connectivity index (χ0n) is 56.7. The molecule has 0 radical (unpaired) electrons. The van der Waals surface area contributed by atoms with E-state index in [1.807, 2.05) is 21.1 Å². The Kier molecular flexibility index (Phi) is 63.6. The van der Waals surface area contributed by atoms with Crippen LogP contribution in [-0.2, 0) is 33.3 Å². The topological polar surface area (TPSA) is 111 Å². The maximum Gasteiger partial charge on any atom is 0.306 e. The van der Waals surface area contributed by atoms with Crippen LogP contribution in [0.25, 0.3) is 0 Å². The Morgan fingerprint density at radius 2 is 0.618 bits per heavy atom. The van der Waals surface area contributed by atoms with Crippen LogP contribution in [-0.4, -0.2) is 82.3 Å². The summed E-state index contributed by atoms with van der Waals surface area (Å²) in [6.45, 7) is 4.43. The molecular formula is C80H125NO8. The van der Waals surface area contributed by atoms with E-state index < -0.39 is 30.3 Å². The van der Waals surface area contributed by atoms with Crippen molar-refractivity contribution in [2.24, 2.45) is 0 Å². The Bertz CT molecular complexity index is 2160. The van der Waals surface area contributed by atoms with Gasteiger partial charge >= 0.3 is 11.9 Å². The third-order valence-corrected chi connectivity index (χ3v) is 13.8. The molecule has 0 aromatic rings. The third kappa shape index (κ3) is 69.5. The van der Waals surface area contributed by atoms with Crippen molar-refractivity contribution in [3.8, 4) is 0 Å². The van der Waals surface area contributed by atoms with Gasteiger partial charge in [0.25, 0.3) is 0 Å². The summed E-state index contributed by atoms with van der Waals surface area (Å²) >= 11 is 0. The highest BCUT2D eigenvalue weighted by Gasteiger charge is 2.22. The highest BCUT2D eigenvalue weighted by molar-refractivity contribution is 5.70. The fourth-order valence-electron chi connectivity index (χ4n) is 8.64. The van der Waals surface area contributed by atoms with Crippen molar-refractivity contribution >= 4 is 17.9 Å². The number of hydrogen-bond acceptors (Lipinski definition) is 8. The van der Waals surface area contributed by atoms with Gasteiger partial charge in [-0.05, 0) is 135 Å². The van der Waals surface area contributed by atoms with Gasteiger partial charge in [0.15, 0.2) is 12.4 Å². The molecule has 498 valence electrons. The molecule has 9 heteroatoms. The molecule has 0 aromatic heterocycles. The molecule has 0 aromatic carbocycles. The zero-order valence-corrected chi connectivity index (χ0v) is 56.7. The van der Waals surface area contributed by atoms with E-state index in [0.29, 0.717) is 23.9 Å². The van der Waals surface area contributed by atoms with Crippen molar-refractivity contribution < 1.29 is 42.9 Å². The predicted molar refractivity (Wildman–Crippen MR) is 379 cm³/mol. The first kappa shape index (κ1) is 83.1. The molecular weight excluding hydrogens is 1100 g/mol. The highest BCUT2D eigenvalue weighted by atomic mass is 16.7. The number of carbonyl (C=O) groups is 3. The van der Waals surface area contributed by atoms with Gasteiger partial charge in [-0.15, -0.1) is 0 Å². The molecule has 0 aliphatic heterocycles. The summed E-state index contributed by atoms with van der Waals surface area (Å²) in [5.41, 5.74) is 0. The van der Waals surface area contributed by atoms with Crippen LogP contribution in [0, 0.1) is 0 Å². The molecule has 0 N–H and O–H groups in total. The second-order valence-corrected chi connectivity index (χ2v) is 23.3. The van der Waals surface area contributed by atoms with Crippen LogP contribution in [0.3, 0.4) is 0 Å². The van der Waals surface area contributed by atoms with E-state index in [1.165, 1.54) is 64.2 Å². The molecule has 0 fully saturated rings. The molecule has 2 unspecified atom stereocenters. The van der Waals surface area contributed by atoms with Crippen molar-refractivity contribution in [2.45, 2.75) is 245 Å². The molecule has 0 amide bonds. The molecule has 2 atom stereocenters. The summed E-state index contributed by atoms with van der Waals surface area (Å²) in [5, 5.41) is 11.8. The molecule has 0 aliphatic carbocycles. The molecule has 0 spiro atoms. The first-order chi connectivity index (χ1) is 43.6. The molecule has 0 heterocycles. The van der Waals surface area contributed by atoms with Crippen LogP contribution < -0.4 is 5.11 Å². The minimum absolute atomic E-state index is 0.128. The Morgan fingerprint density at radius 1 is 0.337 bits per heavy atom. The van der Waals surface area contributed by atoms with Crippen LogP contribution >= 0.6 is 0 Å². The number of esters is 2. The number of carboxylic acid groups (broad SMARTS) is 1. The van der Waals surface area contributed by atoms with Gasteiger partial charge in [0.05, 0.1) is 40.3 Å². The number of rotatable bonds is 61. The highest BCUT2D eigenvalue weighted by Crippen LogP contribution is 2.15. The summed E-state index contributed by atoms with van der Waals surface area (Å²) < 4.78 is 22.7. The lowest BCUT2D eigenvalue weighted by Crippen LogP contribution is -2.44. The van der Waals surface area contributed by atoms with E-state index in [9.17, 15) is 19.5 Å². The monoisotopic (exact) mass is 1230 g/mol. The van der Waals surface area contributed by atoms with E-state index in [-0.39, 0.29) is 32.7 Å². The maximum absolute atomic E-state index is 12.9. The molecule has 0 saturated carbocycles. The van der Waals surface area contributed by atoms with E-state index in [4.69, 9.17) is 18.9 Å². The van der Waals surface area contributed by atoms with E-state index in [2.05, 4.69) is 208 Å². The Hall–Kier alpha value is -5.87. The molecule has 0 bridgehead atoms. The van der Waals surface area contributed by atoms with Gasteiger partial charge in [0, 0.05) is 12.8 Å². The minimum atomic E-state index is -1.65. The van der Waals surface area contributed by atoms with Crippen LogP contribution in [0.2, 0.25) is 0 Å². The second kappa shape index (κ2) is 68.0. The Balaban J connectivity index is 4.21. The van der Waals surface area contributed by atoms with Crippen molar-refractivity contribution in [1.82, 2.24) is 0 Å². The van der Waals surface area contributed by atoms with Crippen LogP contribution in [0.1, 0.15) is 232 Å². The summed E-state index contributed by atoms with van der Waals surface area (Å²) in [4.78, 5) is 37.4. The summed E-state index contributed by atoms with van der Waals surface area (Å²) in [6.07, 6.45) is 102. The molecule has 9 nitrogen and oxygen atoms in total. The number of aliphatic carboxylic acids is 1. The molecule has 0 rings (SSSR count). The van der Waals surface area contributed by atoms with Gasteiger partial charge in [-0.25, -0.2) is 0 Å². The predicted octanol–water partition coefficient (Wildman–Crippen LogP) is 20.5. The molecule has 89 heavy (non-hydrogen) atoms. The maximum atomic E-state index is 12.9. The molecule has 0 aliphatic rings. The van der Waals surface area contributed by atoms with Gasteiger partial charge in [-0.2, -0.15) is 0 Å². The fraction of sp³-hybridized carbons (Fsp3) is 0.562. The summed E-state index contributed by atoms with van der Waals surface area (Å²) in [5.74, 6) is -2.38. The van der Waals surface area contributed by atoms with Crippen molar-refractivity contribution in [1.29, 1.82) is 0 Å². The van der Waals surface area contributed by atoms with Gasteiger partial charge in [-0.1, -0.05) is 279 Å². The summed E-state index contributed by atoms with van der Waals surface area (Å²) in [6, 6.07) is 0. The first-order valence-corrected chi connectivity index (χ1v) is 34.6. The fourth-order valence-corrected chi connectivity index (χ4v) is 8.64. The van der Waals surface area contributed by atoms with Crippen molar-refractivity contribution in [3.05, 3.63) is 194 Å². The van der Waals surface area contributed by atoms with Gasteiger partial charge in [0.1, 0.15) is 13.2 Å². The van der Waals surface area contributed by atoms with E-state index >= 15 is 0 Å². The second-order valence-electron chi connectivity index (χ2n) is 23.3. The summed E-state index contributed by atoms with van der Waals surface area (Å²) in [7, 11) is 5.90. The average Bonchev–Trinajstić information content (AvgIpc) is 3.64. The first-order valence-electron chi connectivity index (χ1n) is 34.6. The van der Waals surface area contributed by atoms with Crippen molar-refractivity contribution in [2.75, 3.05) is 47.5 Å². The quantitative estimate of drug-likeness (QED) is 0.0195. The Labute approximate surface area is 544 Å². The van der Waals surface area contributed by atoms with Crippen LogP contribution in [0.5, 0.6) is 0 Å². The number of ether oxygens (including phenoxy) is 4. The number of unbranched alkanes of at least 4 members (excludes halogenated alkanes) is 14. The van der Waals surface area contributed by atoms with E-state index in [1.54, 1.807) is 0 Å². The third-order valence-electron chi connectivity index (χ3n) is 13.8. The van der Waals surface area contributed by atoms with E-state index in [0.717, 1.165) is 128 Å². The van der Waals surface area contributed by atoms with Crippen LogP contribution in [0.15, 0.2) is 194 Å². The lowest BCUT2D eigenvalue weighted by molar-refractivity contribution is -0.870. The van der Waals surface area contributed by atoms with Gasteiger partial charge in [-0.3, -0.25) is 9.59 Å². The molecule has 0 saturated heterocycles. The standard InChI is InChI=1S/C80H125NO8/c1-6-8-10-12-14-16-18-20-22-24-26-28-30-31-32-33-34-35-36-37-38-39-40-41-42-43-44-45-46-47-49-51-53-55-57-59-61-63-65-67-69-71-78(83)89-76(75-88-80(79(84)85)86-73-72-81(3,4)5)74-87-77(82)70-68-66-64-62-60-58-56-54-52-50-48-29-27-25-23-21-19-17-15-13-11-9-7-2/h8-11,14-17,20-23,26-29,31-32,34-35,37-38,40-41,43-44,50,52,56,58,62,64,76,80H,6-7,12-13,18-19,24-25,30,33,36,39,42,45-49,51,53-55,57,59-61,63,65-75H2,1-5H3/b10-8-,11-9-,16-14-,17-15-,22-20-,23-21-,28-26-,29-27-,32-31-,35-34-,38-37-,41-40-,44-43-,52-50-,58-56-,64-62-. The number of nitrogens with zero attached hydrogens (tertiary/aromatic N) is 1. The normalized spacial score (nSPS) is 13.9. The zero-order chi connectivity index (χ0) is 64.7. The largest absolute Gasteiger partial charge is 0.545 e. The van der Waals surface area contributed by atoms with Crippen LogP contribution in [0.4, 0.5) is 0 Å². The number of quaternary nitrogens is 1. The number of likely N-dealkylation sites (N-methyl/N-ethyl adjacent to an activating group) is 1. The van der Waals surface area contributed by atoms with Gasteiger partial charge in [0.2, 0.25) is 0 Å². The van der Waals surface area contributed by atoms with Gasteiger partial charge < -0.3 is 33.3 Å². The lowest BCUT2D eigenvalue weighted by atomic mass is 10.0. The average molecular weight is 1230 g/mol. The SMILES string of the molecule is CC/C=C\C/C=C\C/C=C\C/C=C\C/C=C\C/C=C\C/C=C\C/C=C\C/C=C\CCCCCCCCCCCCCCCC(=O)OC(COC(=O)CCC/C=C\C/C=C\C/C=C\C/C=C\C/C=C\C/C=C\C/C=C\CC)COC(OCC[N+](C)(C)C)C(=O)[O-]. The number of hydrogen-bond donors (Lipinski definition) is 0. The lowest BCUT2D eigenvalue weighted by Gasteiger charge is -2.26. The number of carbonyl (C=O) groups excluding carboxylic acids is 3. The number of allylic oxidation sites excluding steroid dienone is 32.